The van der Waals surface area contributed by atoms with Crippen LogP contribution in [-0.2, 0) is 0 Å². The monoisotopic (exact) mass is 258 g/mol. The van der Waals surface area contributed by atoms with Gasteiger partial charge in [0.15, 0.2) is 0 Å². The van der Waals surface area contributed by atoms with Crippen molar-refractivity contribution >= 4 is 11.8 Å². The molecule has 0 aliphatic heterocycles. The molecule has 1 aliphatic rings. The van der Waals surface area contributed by atoms with E-state index in [4.69, 9.17) is 0 Å². The standard InChI is InChI=1S/C17H22S/c1-6-17(7-2)18-15(5)9-11-16-10-8-13(3)12-14(16)4/h6,8,10,14H,5,7,12H2,1-4H3/b17-6-. The fraction of sp³-hybridized carbons (Fsp3) is 0.412. The van der Waals surface area contributed by atoms with E-state index in [1.165, 1.54) is 16.1 Å². The van der Waals surface area contributed by atoms with Crippen LogP contribution in [0.1, 0.15) is 40.5 Å². The molecule has 1 heteroatoms. The maximum Gasteiger partial charge on any atom is 0.0549 e. The molecule has 0 heterocycles. The number of hydrogen-bond acceptors (Lipinski definition) is 1. The van der Waals surface area contributed by atoms with Crippen molar-refractivity contribution in [2.45, 2.75) is 40.5 Å². The Labute approximate surface area is 116 Å². The zero-order chi connectivity index (χ0) is 13.5. The Morgan fingerprint density at radius 1 is 1.56 bits per heavy atom. The fourth-order valence-electron chi connectivity index (χ4n) is 1.88. The third-order valence-corrected chi connectivity index (χ3v) is 4.11. The Morgan fingerprint density at radius 3 is 2.83 bits per heavy atom. The van der Waals surface area contributed by atoms with Crippen molar-refractivity contribution < 1.29 is 0 Å². The molecule has 1 rings (SSSR count). The minimum absolute atomic E-state index is 0.535. The first kappa shape index (κ1) is 14.9. The Balaban J connectivity index is 2.69. The molecular formula is C17H22S. The largest absolute Gasteiger partial charge is 0.0863 e. The van der Waals surface area contributed by atoms with E-state index in [2.05, 4.69) is 64.3 Å². The first-order valence-electron chi connectivity index (χ1n) is 6.48. The molecule has 0 spiro atoms. The summed E-state index contributed by atoms with van der Waals surface area (Å²) in [6.45, 7) is 12.6. The molecule has 0 N–H and O–H groups in total. The average molecular weight is 258 g/mol. The van der Waals surface area contributed by atoms with Crippen LogP contribution in [0.25, 0.3) is 0 Å². The van der Waals surface area contributed by atoms with Gasteiger partial charge in [-0.2, -0.15) is 0 Å². The van der Waals surface area contributed by atoms with E-state index >= 15 is 0 Å². The molecule has 0 fully saturated rings. The predicted octanol–water partition coefficient (Wildman–Crippen LogP) is 5.46. The van der Waals surface area contributed by atoms with Crippen LogP contribution in [0.5, 0.6) is 0 Å². The molecular weight excluding hydrogens is 236 g/mol. The van der Waals surface area contributed by atoms with Gasteiger partial charge in [0.25, 0.3) is 0 Å². The van der Waals surface area contributed by atoms with Crippen molar-refractivity contribution in [3.05, 3.63) is 45.8 Å². The molecule has 0 amide bonds. The number of allylic oxidation sites excluding steroid dienone is 7. The quantitative estimate of drug-likeness (QED) is 0.605. The molecule has 0 saturated carbocycles. The highest BCUT2D eigenvalue weighted by Crippen LogP contribution is 2.27. The van der Waals surface area contributed by atoms with Crippen molar-refractivity contribution in [2.24, 2.45) is 5.92 Å². The summed E-state index contributed by atoms with van der Waals surface area (Å²) in [5, 5.41) is 0. The molecule has 0 bridgehead atoms. The second-order valence-corrected chi connectivity index (χ2v) is 5.85. The maximum absolute atomic E-state index is 4.02. The number of rotatable bonds is 3. The Hall–Kier alpha value is -1.13. The first-order valence-corrected chi connectivity index (χ1v) is 7.29. The van der Waals surface area contributed by atoms with Gasteiger partial charge in [-0.15, -0.1) is 0 Å². The van der Waals surface area contributed by atoms with Gasteiger partial charge in [-0.1, -0.05) is 67.8 Å². The Morgan fingerprint density at radius 2 is 2.28 bits per heavy atom. The second kappa shape index (κ2) is 7.34. The summed E-state index contributed by atoms with van der Waals surface area (Å²) >= 11 is 1.69. The van der Waals surface area contributed by atoms with E-state index in [1.807, 2.05) is 0 Å². The molecule has 1 aliphatic carbocycles. The molecule has 0 aromatic rings. The molecule has 96 valence electrons. The van der Waals surface area contributed by atoms with Crippen LogP contribution in [0.2, 0.25) is 0 Å². The van der Waals surface area contributed by atoms with Gasteiger partial charge >= 0.3 is 0 Å². The van der Waals surface area contributed by atoms with E-state index < -0.39 is 0 Å². The molecule has 0 radical (unpaired) electrons. The molecule has 1 atom stereocenters. The Kier molecular flexibility index (Phi) is 6.09. The minimum atomic E-state index is 0.535. The zero-order valence-corrected chi connectivity index (χ0v) is 12.7. The lowest BCUT2D eigenvalue weighted by Gasteiger charge is -2.15. The van der Waals surface area contributed by atoms with Crippen molar-refractivity contribution in [1.29, 1.82) is 0 Å². The summed E-state index contributed by atoms with van der Waals surface area (Å²) in [4.78, 5) is 2.26. The highest BCUT2D eigenvalue weighted by molar-refractivity contribution is 8.07. The molecule has 0 nitrogen and oxygen atoms in total. The van der Waals surface area contributed by atoms with Gasteiger partial charge < -0.3 is 0 Å². The van der Waals surface area contributed by atoms with Crippen LogP contribution in [0.4, 0.5) is 0 Å². The predicted molar refractivity (Wildman–Crippen MR) is 84.2 cm³/mol. The Bertz CT molecular complexity index is 464. The van der Waals surface area contributed by atoms with Crippen LogP contribution in [0.3, 0.4) is 0 Å². The normalized spacial score (nSPS) is 19.6. The summed E-state index contributed by atoms with van der Waals surface area (Å²) < 4.78 is 0. The summed E-state index contributed by atoms with van der Waals surface area (Å²) in [7, 11) is 0. The summed E-state index contributed by atoms with van der Waals surface area (Å²) in [5.41, 5.74) is 2.66. The molecule has 0 aromatic carbocycles. The number of hydrogen-bond donors (Lipinski definition) is 0. The van der Waals surface area contributed by atoms with Crippen LogP contribution >= 0.6 is 11.8 Å². The van der Waals surface area contributed by atoms with Gasteiger partial charge in [0.2, 0.25) is 0 Å². The fourth-order valence-corrected chi connectivity index (χ4v) is 2.56. The lowest BCUT2D eigenvalue weighted by Crippen LogP contribution is -2.02. The van der Waals surface area contributed by atoms with Gasteiger partial charge in [-0.05, 0) is 37.5 Å². The first-order chi connectivity index (χ1) is 8.56. The van der Waals surface area contributed by atoms with Crippen LogP contribution < -0.4 is 0 Å². The van der Waals surface area contributed by atoms with E-state index in [0.29, 0.717) is 5.92 Å². The van der Waals surface area contributed by atoms with Crippen LogP contribution in [-0.4, -0.2) is 0 Å². The average Bonchev–Trinajstić information content (AvgIpc) is 2.35. The van der Waals surface area contributed by atoms with E-state index in [0.717, 1.165) is 17.7 Å². The summed E-state index contributed by atoms with van der Waals surface area (Å²) in [6.07, 6.45) is 8.61. The highest BCUT2D eigenvalue weighted by atomic mass is 32.2. The van der Waals surface area contributed by atoms with E-state index in [-0.39, 0.29) is 0 Å². The molecule has 18 heavy (non-hydrogen) atoms. The van der Waals surface area contributed by atoms with Crippen LogP contribution in [0.15, 0.2) is 45.8 Å². The van der Waals surface area contributed by atoms with Gasteiger partial charge in [0.05, 0.1) is 4.91 Å². The topological polar surface area (TPSA) is 0 Å². The third kappa shape index (κ3) is 4.63. The van der Waals surface area contributed by atoms with Gasteiger partial charge in [-0.3, -0.25) is 0 Å². The SMILES string of the molecule is C=C(C#CC1=CC=C(C)CC1C)S/C(=C\C)CC. The smallest absolute Gasteiger partial charge is 0.0549 e. The summed E-state index contributed by atoms with van der Waals surface area (Å²) in [6, 6.07) is 0. The lowest BCUT2D eigenvalue weighted by atomic mass is 9.89. The molecule has 0 aromatic heterocycles. The highest BCUT2D eigenvalue weighted by Gasteiger charge is 2.10. The van der Waals surface area contributed by atoms with Crippen LogP contribution in [0, 0.1) is 17.8 Å². The zero-order valence-electron chi connectivity index (χ0n) is 11.8. The molecule has 0 saturated heterocycles. The maximum atomic E-state index is 4.02. The van der Waals surface area contributed by atoms with Crippen molar-refractivity contribution in [3.63, 3.8) is 0 Å². The summed E-state index contributed by atoms with van der Waals surface area (Å²) in [5.74, 6) is 6.98. The van der Waals surface area contributed by atoms with Crippen molar-refractivity contribution in [1.82, 2.24) is 0 Å². The molecule has 1 unspecified atom stereocenters. The second-order valence-electron chi connectivity index (χ2n) is 4.62. The van der Waals surface area contributed by atoms with Crippen molar-refractivity contribution in [3.8, 4) is 11.8 Å². The minimum Gasteiger partial charge on any atom is -0.0863 e. The van der Waals surface area contributed by atoms with Gasteiger partial charge in [0, 0.05) is 5.57 Å². The van der Waals surface area contributed by atoms with E-state index in [9.17, 15) is 0 Å². The van der Waals surface area contributed by atoms with Crippen molar-refractivity contribution in [2.75, 3.05) is 0 Å². The van der Waals surface area contributed by atoms with E-state index in [1.54, 1.807) is 11.8 Å². The van der Waals surface area contributed by atoms with Gasteiger partial charge in [0.1, 0.15) is 0 Å². The lowest BCUT2D eigenvalue weighted by molar-refractivity contribution is 0.683. The van der Waals surface area contributed by atoms with Gasteiger partial charge in [-0.25, -0.2) is 0 Å². The number of thioether (sulfide) groups is 1. The third-order valence-electron chi connectivity index (χ3n) is 2.98.